The Labute approximate surface area is 96.6 Å². The summed E-state index contributed by atoms with van der Waals surface area (Å²) < 4.78 is 5.24. The minimum Gasteiger partial charge on any atom is -0.462 e. The second kappa shape index (κ2) is 5.15. The summed E-state index contributed by atoms with van der Waals surface area (Å²) in [6.07, 6.45) is -1.16. The third-order valence-corrected chi connectivity index (χ3v) is 3.52. The summed E-state index contributed by atoms with van der Waals surface area (Å²) in [5.41, 5.74) is 0. The van der Waals surface area contributed by atoms with Crippen LogP contribution < -0.4 is 0 Å². The molecule has 4 nitrogen and oxygen atoms in total. The van der Waals surface area contributed by atoms with Gasteiger partial charge in [-0.05, 0) is 12.8 Å². The van der Waals surface area contributed by atoms with Crippen LogP contribution in [0.3, 0.4) is 0 Å². The zero-order valence-electron chi connectivity index (χ0n) is 10.4. The quantitative estimate of drug-likeness (QED) is 0.708. The highest BCUT2D eigenvalue weighted by molar-refractivity contribution is 5.73. The number of hydrogen-bond donors (Lipinski definition) is 2. The zero-order valence-corrected chi connectivity index (χ0v) is 10.4. The largest absolute Gasteiger partial charge is 0.462 e. The molecule has 1 saturated heterocycles. The van der Waals surface area contributed by atoms with Crippen LogP contribution in [-0.2, 0) is 9.53 Å². The summed E-state index contributed by atoms with van der Waals surface area (Å²) in [7, 11) is 0. The van der Waals surface area contributed by atoms with Gasteiger partial charge in [-0.2, -0.15) is 0 Å². The van der Waals surface area contributed by atoms with Gasteiger partial charge in [0.15, 0.2) is 0 Å². The first-order valence-corrected chi connectivity index (χ1v) is 5.91. The molecule has 0 aromatic heterocycles. The van der Waals surface area contributed by atoms with Crippen molar-refractivity contribution >= 4 is 5.97 Å². The molecule has 5 atom stereocenters. The molecular formula is C12H22O4. The standard InChI is InChI=1S/C12H22O4/c1-6(2)9(13)5-10-7(3)11(14)8(4)12(15)16-10/h6-11,13-14H,5H2,1-4H3/t7?,8-,9+,10?,11+/m1/s1. The maximum atomic E-state index is 11.4. The van der Waals surface area contributed by atoms with E-state index in [0.717, 1.165) is 0 Å². The van der Waals surface area contributed by atoms with Gasteiger partial charge in [0.1, 0.15) is 6.10 Å². The van der Waals surface area contributed by atoms with Crippen LogP contribution in [0.2, 0.25) is 0 Å². The van der Waals surface area contributed by atoms with E-state index in [-0.39, 0.29) is 23.9 Å². The smallest absolute Gasteiger partial charge is 0.311 e. The highest BCUT2D eigenvalue weighted by atomic mass is 16.5. The van der Waals surface area contributed by atoms with Crippen molar-refractivity contribution in [3.8, 4) is 0 Å². The summed E-state index contributed by atoms with van der Waals surface area (Å²) in [5.74, 6) is -0.836. The fourth-order valence-electron chi connectivity index (χ4n) is 1.95. The molecule has 0 aliphatic carbocycles. The van der Waals surface area contributed by atoms with Gasteiger partial charge in [-0.25, -0.2) is 0 Å². The molecule has 0 saturated carbocycles. The number of esters is 1. The summed E-state index contributed by atoms with van der Waals surface area (Å²) in [5, 5.41) is 19.6. The summed E-state index contributed by atoms with van der Waals surface area (Å²) >= 11 is 0. The van der Waals surface area contributed by atoms with Gasteiger partial charge in [0.25, 0.3) is 0 Å². The number of carbonyl (C=O) groups excluding carboxylic acids is 1. The van der Waals surface area contributed by atoms with E-state index < -0.39 is 18.1 Å². The van der Waals surface area contributed by atoms with Crippen LogP contribution in [-0.4, -0.2) is 34.5 Å². The topological polar surface area (TPSA) is 66.8 Å². The first-order chi connectivity index (χ1) is 7.34. The third kappa shape index (κ3) is 2.74. The highest BCUT2D eigenvalue weighted by Crippen LogP contribution is 2.29. The number of hydrogen-bond acceptors (Lipinski definition) is 4. The van der Waals surface area contributed by atoms with Gasteiger partial charge >= 0.3 is 5.97 Å². The lowest BCUT2D eigenvalue weighted by atomic mass is 9.83. The Morgan fingerprint density at radius 3 is 2.44 bits per heavy atom. The van der Waals surface area contributed by atoms with Crippen molar-refractivity contribution in [3.63, 3.8) is 0 Å². The minimum absolute atomic E-state index is 0.124. The number of rotatable bonds is 3. The molecule has 94 valence electrons. The molecule has 0 radical (unpaired) electrons. The van der Waals surface area contributed by atoms with E-state index in [1.807, 2.05) is 20.8 Å². The average molecular weight is 230 g/mol. The van der Waals surface area contributed by atoms with Crippen LogP contribution in [0.1, 0.15) is 34.1 Å². The van der Waals surface area contributed by atoms with Crippen molar-refractivity contribution in [3.05, 3.63) is 0 Å². The van der Waals surface area contributed by atoms with Crippen LogP contribution in [0.15, 0.2) is 0 Å². The fraction of sp³-hybridized carbons (Fsp3) is 0.917. The van der Waals surface area contributed by atoms with Crippen molar-refractivity contribution in [2.45, 2.75) is 52.4 Å². The number of ether oxygens (including phenoxy) is 1. The fourth-order valence-corrected chi connectivity index (χ4v) is 1.95. The molecule has 1 fully saturated rings. The Morgan fingerprint density at radius 1 is 1.38 bits per heavy atom. The summed E-state index contributed by atoms with van der Waals surface area (Å²) in [6.45, 7) is 7.35. The lowest BCUT2D eigenvalue weighted by Gasteiger charge is -2.37. The molecule has 2 N–H and O–H groups in total. The van der Waals surface area contributed by atoms with Gasteiger partial charge in [0.05, 0.1) is 18.1 Å². The van der Waals surface area contributed by atoms with E-state index in [2.05, 4.69) is 0 Å². The van der Waals surface area contributed by atoms with Crippen LogP contribution >= 0.6 is 0 Å². The Morgan fingerprint density at radius 2 is 1.94 bits per heavy atom. The maximum absolute atomic E-state index is 11.4. The Bertz CT molecular complexity index is 251. The molecule has 2 unspecified atom stereocenters. The molecule has 1 aliphatic rings. The number of aliphatic hydroxyl groups is 2. The number of aliphatic hydroxyl groups excluding tert-OH is 2. The van der Waals surface area contributed by atoms with E-state index in [1.54, 1.807) is 6.92 Å². The Hall–Kier alpha value is -0.610. The van der Waals surface area contributed by atoms with Crippen LogP contribution in [0, 0.1) is 17.8 Å². The molecular weight excluding hydrogens is 208 g/mol. The van der Waals surface area contributed by atoms with Gasteiger partial charge < -0.3 is 14.9 Å². The molecule has 0 bridgehead atoms. The Balaban J connectivity index is 2.64. The minimum atomic E-state index is -0.675. The van der Waals surface area contributed by atoms with Crippen molar-refractivity contribution in [2.75, 3.05) is 0 Å². The molecule has 1 rings (SSSR count). The van der Waals surface area contributed by atoms with Gasteiger partial charge in [0.2, 0.25) is 0 Å². The lowest BCUT2D eigenvalue weighted by Crippen LogP contribution is -2.48. The molecule has 0 spiro atoms. The number of carbonyl (C=O) groups is 1. The van der Waals surface area contributed by atoms with Crippen molar-refractivity contribution < 1.29 is 19.7 Å². The monoisotopic (exact) mass is 230 g/mol. The van der Waals surface area contributed by atoms with E-state index in [4.69, 9.17) is 4.74 Å². The van der Waals surface area contributed by atoms with E-state index >= 15 is 0 Å². The van der Waals surface area contributed by atoms with Gasteiger partial charge in [-0.15, -0.1) is 0 Å². The van der Waals surface area contributed by atoms with E-state index in [9.17, 15) is 15.0 Å². The second-order valence-corrected chi connectivity index (χ2v) is 5.16. The van der Waals surface area contributed by atoms with Crippen molar-refractivity contribution in [1.29, 1.82) is 0 Å². The first-order valence-electron chi connectivity index (χ1n) is 5.91. The summed E-state index contributed by atoms with van der Waals surface area (Å²) in [6, 6.07) is 0. The van der Waals surface area contributed by atoms with Crippen molar-refractivity contribution in [2.24, 2.45) is 17.8 Å². The maximum Gasteiger partial charge on any atom is 0.311 e. The molecule has 0 aromatic carbocycles. The predicted octanol–water partition coefficient (Wildman–Crippen LogP) is 0.952. The molecule has 16 heavy (non-hydrogen) atoms. The molecule has 1 heterocycles. The third-order valence-electron chi connectivity index (χ3n) is 3.52. The number of cyclic esters (lactones) is 1. The van der Waals surface area contributed by atoms with Gasteiger partial charge in [-0.1, -0.05) is 20.8 Å². The van der Waals surface area contributed by atoms with Crippen LogP contribution in [0.25, 0.3) is 0 Å². The predicted molar refractivity (Wildman–Crippen MR) is 59.7 cm³/mol. The SMILES string of the molecule is CC(C)[C@@H](O)CC1OC(=O)[C@H](C)[C@@H](O)C1C. The van der Waals surface area contributed by atoms with Crippen LogP contribution in [0.4, 0.5) is 0 Å². The molecule has 4 heteroatoms. The highest BCUT2D eigenvalue weighted by Gasteiger charge is 2.41. The average Bonchev–Trinajstić information content (AvgIpc) is 2.22. The lowest BCUT2D eigenvalue weighted by molar-refractivity contribution is -0.180. The van der Waals surface area contributed by atoms with Gasteiger partial charge in [0, 0.05) is 12.3 Å². The molecule has 0 aromatic rings. The van der Waals surface area contributed by atoms with E-state index in [0.29, 0.717) is 6.42 Å². The zero-order chi connectivity index (χ0) is 12.5. The Kier molecular flexibility index (Phi) is 4.33. The van der Waals surface area contributed by atoms with E-state index in [1.165, 1.54) is 0 Å². The normalized spacial score (nSPS) is 37.3. The molecule has 1 aliphatic heterocycles. The van der Waals surface area contributed by atoms with Crippen molar-refractivity contribution in [1.82, 2.24) is 0 Å². The first kappa shape index (κ1) is 13.5. The van der Waals surface area contributed by atoms with Crippen LogP contribution in [0.5, 0.6) is 0 Å². The molecule has 0 amide bonds. The summed E-state index contributed by atoms with van der Waals surface area (Å²) in [4.78, 5) is 11.4. The van der Waals surface area contributed by atoms with Gasteiger partial charge in [-0.3, -0.25) is 4.79 Å². The second-order valence-electron chi connectivity index (χ2n) is 5.16.